The number of carbonyl (C=O) groups excluding carboxylic acids is 4. The van der Waals surface area contributed by atoms with Gasteiger partial charge in [-0.2, -0.15) is 0 Å². The van der Waals surface area contributed by atoms with Gasteiger partial charge in [-0.25, -0.2) is 4.79 Å². The van der Waals surface area contributed by atoms with Gasteiger partial charge in [-0.15, -0.1) is 0 Å². The van der Waals surface area contributed by atoms with E-state index >= 15 is 0 Å². The average molecular weight is 664 g/mol. The third-order valence-electron chi connectivity index (χ3n) is 7.37. The summed E-state index contributed by atoms with van der Waals surface area (Å²) in [7, 11) is 0. The first-order chi connectivity index (χ1) is 19.4. The van der Waals surface area contributed by atoms with Crippen LogP contribution in [0.4, 0.5) is 0 Å². The van der Waals surface area contributed by atoms with Gasteiger partial charge in [0.05, 0.1) is 0 Å². The predicted molar refractivity (Wildman–Crippen MR) is 166 cm³/mol. The molecule has 0 heterocycles. The summed E-state index contributed by atoms with van der Waals surface area (Å²) in [5.41, 5.74) is 5.76. The smallest absolute Gasteiger partial charge is 1.00 e. The molecular formula is C33H65NNa4O6. The molecule has 0 aromatic carbocycles. The van der Waals surface area contributed by atoms with Gasteiger partial charge < -0.3 is 20.9 Å². The topological polar surface area (TPSA) is 113 Å². The zero-order valence-electron chi connectivity index (χ0n) is 34.0. The van der Waals surface area contributed by atoms with Gasteiger partial charge in [-0.05, 0) is 19.3 Å². The monoisotopic (exact) mass is 663 g/mol. The molecule has 242 valence electrons. The van der Waals surface area contributed by atoms with Crippen molar-refractivity contribution >= 4 is 23.9 Å². The van der Waals surface area contributed by atoms with Crippen molar-refractivity contribution in [1.82, 2.24) is 0 Å². The van der Waals surface area contributed by atoms with Crippen LogP contribution in [0.25, 0.3) is 0 Å². The molecule has 7 nitrogen and oxygen atoms in total. The number of unbranched alkanes of at least 4 members (excludes halogenated alkanes) is 20. The third-order valence-corrected chi connectivity index (χ3v) is 7.37. The minimum absolute atomic E-state index is 0. The first-order valence-corrected chi connectivity index (χ1v) is 16.6. The van der Waals surface area contributed by atoms with Crippen molar-refractivity contribution in [2.45, 2.75) is 187 Å². The first-order valence-electron chi connectivity index (χ1n) is 16.6. The largest absolute Gasteiger partial charge is 1.00 e. The Bertz CT molecular complexity index is 690. The number of hydrogen-bond donors (Lipinski definition) is 1. The Labute approximate surface area is 364 Å². The van der Waals surface area contributed by atoms with E-state index in [-0.39, 0.29) is 150 Å². The van der Waals surface area contributed by atoms with E-state index in [0.717, 1.165) is 25.7 Å². The van der Waals surface area contributed by atoms with Crippen LogP contribution in [0.15, 0.2) is 0 Å². The molecule has 0 rings (SSSR count). The molecule has 0 aliphatic carbocycles. The summed E-state index contributed by atoms with van der Waals surface area (Å²) in [5, 5.41) is 0. The van der Waals surface area contributed by atoms with E-state index in [9.17, 15) is 19.2 Å². The summed E-state index contributed by atoms with van der Waals surface area (Å²) in [4.78, 5) is 47.7. The zero-order chi connectivity index (χ0) is 29.7. The van der Waals surface area contributed by atoms with Gasteiger partial charge in [0.2, 0.25) is 0 Å². The van der Waals surface area contributed by atoms with Gasteiger partial charge in [0.1, 0.15) is 6.04 Å². The molecule has 0 saturated heterocycles. The second-order valence-electron chi connectivity index (χ2n) is 11.4. The molecule has 0 aliphatic heterocycles. The van der Waals surface area contributed by atoms with E-state index < -0.39 is 29.9 Å². The summed E-state index contributed by atoms with van der Waals surface area (Å²) in [5.74, 6) is -2.67. The predicted octanol–water partition coefficient (Wildman–Crippen LogP) is -2.90. The van der Waals surface area contributed by atoms with Gasteiger partial charge >= 0.3 is 142 Å². The van der Waals surface area contributed by atoms with Gasteiger partial charge in [-0.3, -0.25) is 14.4 Å². The number of nitrogens with two attached hydrogens (primary N) is 1. The normalized spacial score (nSPS) is 10.7. The maximum absolute atomic E-state index is 12.0. The molecule has 0 aliphatic rings. The molecule has 0 radical (unpaired) electrons. The Kier molecular flexibility index (Phi) is 54.7. The summed E-state index contributed by atoms with van der Waals surface area (Å²) in [6.07, 6.45) is 26.2. The van der Waals surface area contributed by atoms with Crippen molar-refractivity contribution in [2.24, 2.45) is 5.73 Å². The molecule has 0 amide bonds. The minimum atomic E-state index is -1.10. The van der Waals surface area contributed by atoms with E-state index in [1.807, 2.05) is 0 Å². The molecule has 0 unspecified atom stereocenters. The maximum Gasteiger partial charge on any atom is 1.00 e. The van der Waals surface area contributed by atoms with Crippen LogP contribution in [0.5, 0.6) is 0 Å². The number of rotatable bonds is 28. The molecule has 0 fully saturated rings. The molecule has 0 spiro atoms. The molecule has 1 atom stereocenters. The molecule has 44 heavy (non-hydrogen) atoms. The second kappa shape index (κ2) is 43.3. The fourth-order valence-electron chi connectivity index (χ4n) is 4.73. The van der Waals surface area contributed by atoms with Crippen LogP contribution in [0, 0.1) is 0 Å². The molecule has 11 heteroatoms. The Morgan fingerprint density at radius 2 is 0.727 bits per heavy atom. The fraction of sp³-hybridized carbons (Fsp3) is 0.879. The van der Waals surface area contributed by atoms with E-state index in [4.69, 9.17) is 15.2 Å². The van der Waals surface area contributed by atoms with Crippen LogP contribution in [0.1, 0.15) is 186 Å². The molecule has 2 N–H and O–H groups in total. The van der Waals surface area contributed by atoms with Gasteiger partial charge in [0.15, 0.2) is 0 Å². The number of hydrogen-bond acceptors (Lipinski definition) is 7. The van der Waals surface area contributed by atoms with Gasteiger partial charge in [0, 0.05) is 19.3 Å². The fourth-order valence-corrected chi connectivity index (χ4v) is 4.73. The van der Waals surface area contributed by atoms with Crippen LogP contribution in [0.2, 0.25) is 0 Å². The van der Waals surface area contributed by atoms with Crippen LogP contribution in [-0.4, -0.2) is 29.9 Å². The van der Waals surface area contributed by atoms with E-state index in [1.165, 1.54) is 103 Å². The third kappa shape index (κ3) is 40.4. The molecular weight excluding hydrogens is 598 g/mol. The van der Waals surface area contributed by atoms with Gasteiger partial charge in [-0.1, -0.05) is 142 Å². The van der Waals surface area contributed by atoms with E-state index in [2.05, 4.69) is 13.8 Å². The Morgan fingerprint density at radius 3 is 1.07 bits per heavy atom. The van der Waals surface area contributed by atoms with Crippen LogP contribution in [-0.2, 0) is 28.7 Å². The Morgan fingerprint density at radius 1 is 0.455 bits per heavy atom. The zero-order valence-corrected chi connectivity index (χ0v) is 38.0. The second-order valence-corrected chi connectivity index (χ2v) is 11.4. The van der Waals surface area contributed by atoms with Crippen molar-refractivity contribution in [3.05, 3.63) is 0 Å². The van der Waals surface area contributed by atoms with Crippen molar-refractivity contribution in [3.8, 4) is 0 Å². The molecule has 0 aromatic heterocycles. The van der Waals surface area contributed by atoms with Crippen molar-refractivity contribution in [2.75, 3.05) is 0 Å². The number of carbonyl (C=O) groups is 4. The number of ether oxygens (including phenoxy) is 2. The minimum Gasteiger partial charge on any atom is -1.00 e. The molecule has 0 saturated carbocycles. The summed E-state index contributed by atoms with van der Waals surface area (Å²) >= 11 is 0. The molecule has 0 aromatic rings. The first kappa shape index (κ1) is 55.6. The van der Waals surface area contributed by atoms with Crippen molar-refractivity contribution in [1.29, 1.82) is 0 Å². The summed E-state index contributed by atoms with van der Waals surface area (Å²) in [6.45, 7) is 4.45. The van der Waals surface area contributed by atoms with Crippen molar-refractivity contribution < 1.29 is 153 Å². The quantitative estimate of drug-likeness (QED) is 0.0414. The molecule has 0 bridgehead atoms. The average Bonchev–Trinajstić information content (AvgIpc) is 2.93. The standard InChI is InChI=1S/C33H61NO6.4Na.4H/c1-3-5-7-9-11-13-15-17-19-21-23-25-30(35)39-32(37)28-27-29(34)33(38)40-31(36)26-24-22-20-18-16-14-12-10-8-6-4-2;;;;;;;;/h29H,3-28,34H2,1-2H3;;;;;;;;/q;4*+1;4*-1/t29-;;;;;;;;/m0......../s1. The van der Waals surface area contributed by atoms with E-state index in [1.54, 1.807) is 0 Å². The Balaban J connectivity index is -0.000000272. The SMILES string of the molecule is CCCCCCCCCCCCCC(=O)OC(=O)CC[C@H](N)C(=O)OC(=O)CCCCCCCCCCCCC.[H-].[H-].[H-].[H-].[Na+].[Na+].[Na+].[Na+]. The van der Waals surface area contributed by atoms with Crippen LogP contribution < -0.4 is 124 Å². The van der Waals surface area contributed by atoms with Gasteiger partial charge in [0.25, 0.3) is 0 Å². The maximum atomic E-state index is 12.0. The number of esters is 4. The summed E-state index contributed by atoms with van der Waals surface area (Å²) < 4.78 is 9.64. The van der Waals surface area contributed by atoms with Crippen molar-refractivity contribution in [3.63, 3.8) is 0 Å². The van der Waals surface area contributed by atoms with E-state index in [0.29, 0.717) is 12.8 Å². The summed E-state index contributed by atoms with van der Waals surface area (Å²) in [6, 6.07) is -1.10. The van der Waals surface area contributed by atoms with Crippen LogP contribution in [0.3, 0.4) is 0 Å². The Hall–Kier alpha value is 2.24. The van der Waals surface area contributed by atoms with Crippen LogP contribution >= 0.6 is 0 Å².